The molecule has 3 aromatic rings. The molecule has 0 bridgehead atoms. The van der Waals surface area contributed by atoms with Gasteiger partial charge in [-0.15, -0.1) is 0 Å². The van der Waals surface area contributed by atoms with Crippen LogP contribution in [0.15, 0.2) is 45.8 Å². The van der Waals surface area contributed by atoms with Gasteiger partial charge in [-0.05, 0) is 49.6 Å². The maximum Gasteiger partial charge on any atom is 0.313 e. The van der Waals surface area contributed by atoms with E-state index in [-0.39, 0.29) is 12.1 Å². The van der Waals surface area contributed by atoms with E-state index >= 15 is 0 Å². The van der Waals surface area contributed by atoms with Crippen molar-refractivity contribution >= 4 is 28.4 Å². The highest BCUT2D eigenvalue weighted by molar-refractivity contribution is 6.39. The highest BCUT2D eigenvalue weighted by atomic mass is 16.3. The van der Waals surface area contributed by atoms with Crippen LogP contribution >= 0.6 is 0 Å². The lowest BCUT2D eigenvalue weighted by Crippen LogP contribution is -2.39. The fourth-order valence-electron chi connectivity index (χ4n) is 4.02. The van der Waals surface area contributed by atoms with Crippen molar-refractivity contribution in [2.45, 2.75) is 58.5 Å². The first-order chi connectivity index (χ1) is 15.6. The number of fused-ring (bicyclic) bond motifs is 2. The van der Waals surface area contributed by atoms with Crippen molar-refractivity contribution in [3.63, 3.8) is 0 Å². The molecule has 8 nitrogen and oxygen atoms in total. The van der Waals surface area contributed by atoms with Crippen molar-refractivity contribution in [3.05, 3.63) is 58.5 Å². The predicted octanol–water partition coefficient (Wildman–Crippen LogP) is 3.48. The molecule has 0 saturated carbocycles. The molecule has 4 rings (SSSR count). The molecule has 1 aliphatic rings. The number of amides is 2. The van der Waals surface area contributed by atoms with Crippen LogP contribution in [0.25, 0.3) is 10.9 Å². The minimum Gasteiger partial charge on any atom is -0.467 e. The van der Waals surface area contributed by atoms with Gasteiger partial charge in [0.15, 0.2) is 0 Å². The third kappa shape index (κ3) is 4.74. The summed E-state index contributed by atoms with van der Waals surface area (Å²) in [5.74, 6) is 0.0609. The van der Waals surface area contributed by atoms with E-state index in [1.165, 1.54) is 4.90 Å². The number of aryl methyl sites for hydroxylation is 1. The Hall–Kier alpha value is -3.42. The Kier molecular flexibility index (Phi) is 6.68. The fourth-order valence-corrected chi connectivity index (χ4v) is 4.02. The van der Waals surface area contributed by atoms with Crippen LogP contribution in [0.4, 0.5) is 5.69 Å². The largest absolute Gasteiger partial charge is 0.467 e. The van der Waals surface area contributed by atoms with E-state index in [9.17, 15) is 14.4 Å². The zero-order valence-corrected chi connectivity index (χ0v) is 18.3. The molecule has 0 atom stereocenters. The van der Waals surface area contributed by atoms with E-state index in [0.717, 1.165) is 44.3 Å². The fraction of sp³-hybridized carbons (Fsp3) is 0.417. The number of rotatable bonds is 6. The second kappa shape index (κ2) is 9.80. The molecular weight excluding hydrogens is 408 g/mol. The zero-order chi connectivity index (χ0) is 22.5. The van der Waals surface area contributed by atoms with E-state index < -0.39 is 11.8 Å². The van der Waals surface area contributed by atoms with Crippen LogP contribution in [0.5, 0.6) is 0 Å². The normalized spacial score (nSPS) is 13.4. The van der Waals surface area contributed by atoms with Crippen molar-refractivity contribution < 1.29 is 14.0 Å². The number of aromatic nitrogens is 2. The van der Waals surface area contributed by atoms with Crippen molar-refractivity contribution in [2.75, 3.05) is 11.9 Å². The zero-order valence-electron chi connectivity index (χ0n) is 18.3. The Labute approximate surface area is 186 Å². The van der Waals surface area contributed by atoms with Gasteiger partial charge in [0, 0.05) is 25.2 Å². The number of unbranched alkanes of at least 4 members (excludes halogenated alkanes) is 1. The molecule has 2 amide bonds. The van der Waals surface area contributed by atoms with Crippen molar-refractivity contribution in [3.8, 4) is 0 Å². The predicted molar refractivity (Wildman–Crippen MR) is 121 cm³/mol. The highest BCUT2D eigenvalue weighted by Crippen LogP contribution is 2.19. The number of hydrogen-bond donors (Lipinski definition) is 1. The van der Waals surface area contributed by atoms with Crippen LogP contribution in [0.1, 0.15) is 50.6 Å². The maximum atomic E-state index is 13.0. The first-order valence-electron chi connectivity index (χ1n) is 11.2. The number of hydrogen-bond acceptors (Lipinski definition) is 5. The Morgan fingerprint density at radius 2 is 2.09 bits per heavy atom. The van der Waals surface area contributed by atoms with Crippen LogP contribution in [-0.2, 0) is 29.1 Å². The minimum atomic E-state index is -0.741. The molecule has 1 aromatic carbocycles. The number of benzene rings is 1. The molecule has 1 N–H and O–H groups in total. The third-order valence-corrected chi connectivity index (χ3v) is 5.76. The lowest BCUT2D eigenvalue weighted by Gasteiger charge is -2.21. The molecule has 0 radical (unpaired) electrons. The van der Waals surface area contributed by atoms with Crippen LogP contribution in [0.3, 0.4) is 0 Å². The average molecular weight is 437 g/mol. The smallest absolute Gasteiger partial charge is 0.313 e. The van der Waals surface area contributed by atoms with Crippen molar-refractivity contribution in [1.82, 2.24) is 14.5 Å². The van der Waals surface area contributed by atoms with E-state index in [1.807, 2.05) is 6.92 Å². The molecule has 0 aliphatic carbocycles. The number of carbonyl (C=O) groups excluding carboxylic acids is 2. The van der Waals surface area contributed by atoms with E-state index in [0.29, 0.717) is 35.4 Å². The Morgan fingerprint density at radius 1 is 1.22 bits per heavy atom. The number of nitrogens with one attached hydrogen (secondary N) is 1. The molecule has 0 unspecified atom stereocenters. The van der Waals surface area contributed by atoms with Gasteiger partial charge < -0.3 is 14.6 Å². The molecule has 1 aliphatic heterocycles. The monoisotopic (exact) mass is 436 g/mol. The Morgan fingerprint density at radius 3 is 2.88 bits per heavy atom. The summed E-state index contributed by atoms with van der Waals surface area (Å²) in [6.07, 6.45) is 7.07. The van der Waals surface area contributed by atoms with E-state index in [4.69, 9.17) is 4.42 Å². The minimum absolute atomic E-state index is 0.100. The Bertz CT molecular complexity index is 1170. The van der Waals surface area contributed by atoms with Gasteiger partial charge in [-0.3, -0.25) is 19.0 Å². The van der Waals surface area contributed by atoms with Gasteiger partial charge in [-0.1, -0.05) is 19.8 Å². The quantitative estimate of drug-likeness (QED) is 0.597. The molecule has 32 heavy (non-hydrogen) atoms. The van der Waals surface area contributed by atoms with Gasteiger partial charge in [-0.2, -0.15) is 0 Å². The second-order valence-electron chi connectivity index (χ2n) is 8.14. The molecule has 168 valence electrons. The summed E-state index contributed by atoms with van der Waals surface area (Å²) in [7, 11) is 0. The lowest BCUT2D eigenvalue weighted by molar-refractivity contribution is -0.143. The third-order valence-electron chi connectivity index (χ3n) is 5.76. The summed E-state index contributed by atoms with van der Waals surface area (Å²) < 4.78 is 7.08. The lowest BCUT2D eigenvalue weighted by atomic mass is 10.2. The van der Waals surface area contributed by atoms with Gasteiger partial charge in [0.25, 0.3) is 5.56 Å². The number of anilines is 1. The number of furan rings is 1. The van der Waals surface area contributed by atoms with Gasteiger partial charge in [-0.25, -0.2) is 4.98 Å². The molecular formula is C24H28N4O4. The molecule has 3 heterocycles. The molecule has 2 aromatic heterocycles. The number of nitrogens with zero attached hydrogens (tertiary/aromatic N) is 3. The van der Waals surface area contributed by atoms with E-state index in [1.54, 1.807) is 41.2 Å². The first kappa shape index (κ1) is 21.8. The molecule has 8 heteroatoms. The molecule has 0 spiro atoms. The average Bonchev–Trinajstić information content (AvgIpc) is 3.19. The van der Waals surface area contributed by atoms with E-state index in [2.05, 4.69) is 10.3 Å². The molecule has 0 fully saturated rings. The summed E-state index contributed by atoms with van der Waals surface area (Å²) in [6, 6.07) is 8.53. The van der Waals surface area contributed by atoms with Gasteiger partial charge in [0.2, 0.25) is 0 Å². The van der Waals surface area contributed by atoms with Crippen LogP contribution in [-0.4, -0.2) is 32.8 Å². The van der Waals surface area contributed by atoms with Crippen molar-refractivity contribution in [2.24, 2.45) is 0 Å². The van der Waals surface area contributed by atoms with Crippen LogP contribution in [0, 0.1) is 0 Å². The van der Waals surface area contributed by atoms with Gasteiger partial charge in [0.05, 0.1) is 23.7 Å². The standard InChI is InChI=1S/C24H28N4O4/c1-2-3-12-27(16-18-8-7-14-32-18)24(31)22(29)25-17-10-11-20-19(15-17)23(30)28-13-6-4-5-9-21(28)26-20/h7-8,10-11,14-15H,2-6,9,12-13,16H2,1H3,(H,25,29). The summed E-state index contributed by atoms with van der Waals surface area (Å²) >= 11 is 0. The van der Waals surface area contributed by atoms with Gasteiger partial charge >= 0.3 is 11.8 Å². The number of carbonyl (C=O) groups is 2. The summed E-state index contributed by atoms with van der Waals surface area (Å²) in [5.41, 5.74) is 0.906. The second-order valence-corrected chi connectivity index (χ2v) is 8.14. The summed E-state index contributed by atoms with van der Waals surface area (Å²) in [6.45, 7) is 3.37. The SMILES string of the molecule is CCCCN(Cc1ccco1)C(=O)C(=O)Nc1ccc2nc3n(c(=O)c2c1)CCCCC3. The first-order valence-corrected chi connectivity index (χ1v) is 11.2. The summed E-state index contributed by atoms with van der Waals surface area (Å²) in [5, 5.41) is 3.10. The van der Waals surface area contributed by atoms with Gasteiger partial charge in [0.1, 0.15) is 11.6 Å². The van der Waals surface area contributed by atoms with Crippen molar-refractivity contribution in [1.29, 1.82) is 0 Å². The maximum absolute atomic E-state index is 13.0. The molecule has 0 saturated heterocycles. The van der Waals surface area contributed by atoms with Crippen LogP contribution in [0.2, 0.25) is 0 Å². The topological polar surface area (TPSA) is 97.4 Å². The summed E-state index contributed by atoms with van der Waals surface area (Å²) in [4.78, 5) is 44.7. The Balaban J connectivity index is 1.54. The van der Waals surface area contributed by atoms with Crippen LogP contribution < -0.4 is 10.9 Å². The highest BCUT2D eigenvalue weighted by Gasteiger charge is 2.23.